The fraction of sp³-hybridized carbons (Fsp3) is 0.444. The summed E-state index contributed by atoms with van der Waals surface area (Å²) in [6.07, 6.45) is 2.71. The molecule has 3 N–H and O–H groups in total. The summed E-state index contributed by atoms with van der Waals surface area (Å²) in [5, 5.41) is 22.1. The Morgan fingerprint density at radius 3 is 2.16 bits per heavy atom. The maximum absolute atomic E-state index is 11.2. The maximum Gasteiger partial charge on any atom is 0.271 e. The van der Waals surface area contributed by atoms with E-state index in [1.165, 1.54) is 0 Å². The zero-order valence-corrected chi connectivity index (χ0v) is 15.5. The first-order chi connectivity index (χ1) is 11.5. The van der Waals surface area contributed by atoms with Gasteiger partial charge in [0.2, 0.25) is 5.95 Å². The third-order valence-electron chi connectivity index (χ3n) is 3.71. The van der Waals surface area contributed by atoms with Crippen molar-refractivity contribution in [1.82, 2.24) is 15.2 Å². The molecule has 0 aliphatic heterocycles. The monoisotopic (exact) mass is 343 g/mol. The van der Waals surface area contributed by atoms with Crippen LogP contribution in [-0.2, 0) is 10.8 Å². The lowest BCUT2D eigenvalue weighted by Crippen LogP contribution is -2.18. The molecule has 1 aromatic carbocycles. The van der Waals surface area contributed by atoms with E-state index in [-0.39, 0.29) is 22.3 Å². The van der Waals surface area contributed by atoms with Gasteiger partial charge in [0.15, 0.2) is 0 Å². The van der Waals surface area contributed by atoms with Gasteiger partial charge in [0.25, 0.3) is 5.56 Å². The minimum Gasteiger partial charge on any atom is -0.507 e. The van der Waals surface area contributed by atoms with Crippen molar-refractivity contribution in [2.45, 2.75) is 52.4 Å². The molecule has 0 saturated heterocycles. The molecule has 2 rings (SSSR count). The number of hydrazone groups is 1. The molecule has 0 unspecified atom stereocenters. The number of nitrogens with zero attached hydrogens (tertiary/aromatic N) is 3. The van der Waals surface area contributed by atoms with Crippen molar-refractivity contribution in [2.24, 2.45) is 5.10 Å². The Balaban J connectivity index is 2.40. The normalized spacial score (nSPS) is 12.6. The molecule has 0 bridgehead atoms. The number of H-pyrrole nitrogens is 1. The average molecular weight is 343 g/mol. The number of phenolic OH excluding ortho intramolecular Hbond substituents is 1. The Morgan fingerprint density at radius 2 is 1.68 bits per heavy atom. The summed E-state index contributed by atoms with van der Waals surface area (Å²) in [6, 6.07) is 3.82. The lowest BCUT2D eigenvalue weighted by Gasteiger charge is -2.27. The second-order valence-corrected chi connectivity index (χ2v) is 8.02. The summed E-state index contributed by atoms with van der Waals surface area (Å²) in [5.41, 5.74) is 4.41. The highest BCUT2D eigenvalue weighted by atomic mass is 16.3. The average Bonchev–Trinajstić information content (AvgIpc) is 2.46. The van der Waals surface area contributed by atoms with Crippen LogP contribution >= 0.6 is 0 Å². The Hall–Kier alpha value is -2.70. The Labute approximate surface area is 147 Å². The number of aromatic hydroxyl groups is 1. The molecule has 0 spiro atoms. The van der Waals surface area contributed by atoms with E-state index in [0.29, 0.717) is 5.75 Å². The van der Waals surface area contributed by atoms with E-state index in [1.807, 2.05) is 12.1 Å². The first-order valence-electron chi connectivity index (χ1n) is 8.07. The summed E-state index contributed by atoms with van der Waals surface area (Å²) < 4.78 is 0. The second kappa shape index (κ2) is 6.66. The van der Waals surface area contributed by atoms with Crippen LogP contribution in [-0.4, -0.2) is 26.5 Å². The number of rotatable bonds is 3. The van der Waals surface area contributed by atoms with Gasteiger partial charge < -0.3 is 5.11 Å². The van der Waals surface area contributed by atoms with Crippen molar-refractivity contribution in [3.05, 3.63) is 45.4 Å². The van der Waals surface area contributed by atoms with Gasteiger partial charge >= 0.3 is 0 Å². The molecular weight excluding hydrogens is 318 g/mol. The molecule has 0 aliphatic rings. The minimum absolute atomic E-state index is 0.162. The van der Waals surface area contributed by atoms with Crippen LogP contribution in [0.2, 0.25) is 0 Å². The molecule has 1 heterocycles. The predicted octanol–water partition coefficient (Wildman–Crippen LogP) is 2.91. The summed E-state index contributed by atoms with van der Waals surface area (Å²) in [7, 11) is 0. The quantitative estimate of drug-likeness (QED) is 0.587. The lowest BCUT2D eigenvalue weighted by molar-refractivity contribution is 0.423. The van der Waals surface area contributed by atoms with Gasteiger partial charge in [0, 0.05) is 11.1 Å². The number of aromatic nitrogens is 3. The van der Waals surface area contributed by atoms with E-state index in [2.05, 4.69) is 67.3 Å². The van der Waals surface area contributed by atoms with Gasteiger partial charge in [-0.15, -0.1) is 10.2 Å². The van der Waals surface area contributed by atoms with Gasteiger partial charge in [-0.2, -0.15) is 5.10 Å². The number of nitrogens with one attached hydrogen (secondary N) is 2. The summed E-state index contributed by atoms with van der Waals surface area (Å²) in [5.74, 6) is 0.484. The van der Waals surface area contributed by atoms with Crippen LogP contribution in [0.3, 0.4) is 0 Å². The first kappa shape index (κ1) is 18.6. The third-order valence-corrected chi connectivity index (χ3v) is 3.71. The number of anilines is 1. The predicted molar refractivity (Wildman–Crippen MR) is 99.4 cm³/mol. The Kier molecular flexibility index (Phi) is 4.97. The van der Waals surface area contributed by atoms with Gasteiger partial charge in [0.05, 0.1) is 6.21 Å². The molecule has 0 fully saturated rings. The zero-order chi connectivity index (χ0) is 18.8. The zero-order valence-electron chi connectivity index (χ0n) is 15.5. The second-order valence-electron chi connectivity index (χ2n) is 8.02. The van der Waals surface area contributed by atoms with E-state index in [1.54, 1.807) is 6.21 Å². The van der Waals surface area contributed by atoms with Gasteiger partial charge in [-0.05, 0) is 28.5 Å². The molecule has 0 atom stereocenters. The van der Waals surface area contributed by atoms with E-state index in [4.69, 9.17) is 0 Å². The lowest BCUT2D eigenvalue weighted by atomic mass is 9.78. The van der Waals surface area contributed by atoms with Crippen LogP contribution in [0.1, 0.15) is 58.2 Å². The van der Waals surface area contributed by atoms with Crippen molar-refractivity contribution in [1.29, 1.82) is 0 Å². The molecule has 0 radical (unpaired) electrons. The number of benzene rings is 1. The van der Waals surface area contributed by atoms with Gasteiger partial charge in [-0.1, -0.05) is 41.5 Å². The highest BCUT2D eigenvalue weighted by Gasteiger charge is 2.26. The van der Waals surface area contributed by atoms with Crippen molar-refractivity contribution in [3.63, 3.8) is 0 Å². The van der Waals surface area contributed by atoms with E-state index in [0.717, 1.165) is 22.9 Å². The topological polar surface area (TPSA) is 103 Å². The maximum atomic E-state index is 11.2. The van der Waals surface area contributed by atoms with Crippen molar-refractivity contribution in [2.75, 3.05) is 5.43 Å². The summed E-state index contributed by atoms with van der Waals surface area (Å²) >= 11 is 0. The third kappa shape index (κ3) is 4.65. The van der Waals surface area contributed by atoms with Crippen LogP contribution < -0.4 is 11.0 Å². The molecule has 0 aliphatic carbocycles. The largest absolute Gasteiger partial charge is 0.507 e. The smallest absolute Gasteiger partial charge is 0.271 e. The fourth-order valence-electron chi connectivity index (χ4n) is 2.41. The van der Waals surface area contributed by atoms with Crippen LogP contribution in [0.15, 0.2) is 28.2 Å². The summed E-state index contributed by atoms with van der Waals surface area (Å²) in [4.78, 5) is 13.7. The number of hydrogen-bond acceptors (Lipinski definition) is 6. The van der Waals surface area contributed by atoms with E-state index in [9.17, 15) is 9.90 Å². The molecule has 7 heteroatoms. The molecule has 0 saturated carbocycles. The van der Waals surface area contributed by atoms with Gasteiger partial charge in [-0.3, -0.25) is 9.78 Å². The molecule has 7 nitrogen and oxygen atoms in total. The molecule has 134 valence electrons. The van der Waals surface area contributed by atoms with Gasteiger partial charge in [0.1, 0.15) is 11.9 Å². The first-order valence-corrected chi connectivity index (χ1v) is 8.07. The molecule has 2 aromatic rings. The molecule has 0 amide bonds. The SMILES string of the molecule is CC(C)(C)c1cc(/C=N/Nc2nncc(=O)[nH]2)cc(C(C)(C)C)c1O. The highest BCUT2D eigenvalue weighted by molar-refractivity contribution is 5.82. The van der Waals surface area contributed by atoms with Crippen molar-refractivity contribution < 1.29 is 5.11 Å². The van der Waals surface area contributed by atoms with Crippen LogP contribution in [0.25, 0.3) is 0 Å². The van der Waals surface area contributed by atoms with Gasteiger partial charge in [-0.25, -0.2) is 5.43 Å². The van der Waals surface area contributed by atoms with E-state index < -0.39 is 0 Å². The minimum atomic E-state index is -0.359. The Bertz CT molecular complexity index is 807. The van der Waals surface area contributed by atoms with E-state index >= 15 is 0 Å². The molecular formula is C18H25N5O2. The van der Waals surface area contributed by atoms with Crippen LogP contribution in [0.4, 0.5) is 5.95 Å². The number of aromatic amines is 1. The number of phenols is 1. The highest BCUT2D eigenvalue weighted by Crippen LogP contribution is 2.39. The standard InChI is InChI=1S/C18H25N5O2/c1-17(2,3)12-7-11(8-13(15(12)25)18(4,5)6)9-19-22-16-21-14(24)10-20-23-16/h7-10,25H,1-6H3,(H2,21,22,23,24)/b19-9+. The molecule has 25 heavy (non-hydrogen) atoms. The molecule has 1 aromatic heterocycles. The van der Waals surface area contributed by atoms with Crippen LogP contribution in [0, 0.1) is 0 Å². The van der Waals surface area contributed by atoms with Crippen molar-refractivity contribution >= 4 is 12.2 Å². The number of hydrogen-bond donors (Lipinski definition) is 3. The fourth-order valence-corrected chi connectivity index (χ4v) is 2.41. The summed E-state index contributed by atoms with van der Waals surface area (Å²) in [6.45, 7) is 12.3. The Morgan fingerprint density at radius 1 is 1.12 bits per heavy atom. The van der Waals surface area contributed by atoms with Crippen LogP contribution in [0.5, 0.6) is 5.75 Å². The van der Waals surface area contributed by atoms with Crippen molar-refractivity contribution in [3.8, 4) is 5.75 Å².